The van der Waals surface area contributed by atoms with Crippen LogP contribution in [-0.4, -0.2) is 30.1 Å². The molecule has 0 bridgehead atoms. The van der Waals surface area contributed by atoms with E-state index in [1.54, 1.807) is 20.8 Å². The smallest absolute Gasteiger partial charge is 0.257 e. The van der Waals surface area contributed by atoms with Gasteiger partial charge in [-0.15, -0.1) is 10.2 Å². The molecule has 2 rings (SSSR count). The van der Waals surface area contributed by atoms with Crippen molar-refractivity contribution in [3.63, 3.8) is 0 Å². The summed E-state index contributed by atoms with van der Waals surface area (Å²) < 4.78 is 27.1. The summed E-state index contributed by atoms with van der Waals surface area (Å²) in [6, 6.07) is 5.78. The summed E-state index contributed by atoms with van der Waals surface area (Å²) in [6.07, 6.45) is 2.94. The second-order valence-corrected chi connectivity index (χ2v) is 9.68. The number of aromatic nitrogens is 2. The zero-order chi connectivity index (χ0) is 19.4. The minimum absolute atomic E-state index is 0.113. The molecular formula is C17H24N4O3S2. The minimum Gasteiger partial charge on any atom is -0.296 e. The SMILES string of the molecule is CCCCc1nnc(NC(=O)c2ccc(S(=O)(=O)NC(C)(C)C)cc2)s1. The van der Waals surface area contributed by atoms with Crippen molar-refractivity contribution < 1.29 is 13.2 Å². The van der Waals surface area contributed by atoms with Crippen LogP contribution >= 0.6 is 11.3 Å². The average Bonchev–Trinajstić information content (AvgIpc) is 2.98. The van der Waals surface area contributed by atoms with Crippen molar-refractivity contribution in [1.29, 1.82) is 0 Å². The van der Waals surface area contributed by atoms with Crippen LogP contribution in [0.25, 0.3) is 0 Å². The van der Waals surface area contributed by atoms with Gasteiger partial charge in [0, 0.05) is 17.5 Å². The topological polar surface area (TPSA) is 101 Å². The third-order valence-corrected chi connectivity index (χ3v) is 5.97. The molecule has 0 fully saturated rings. The average molecular weight is 397 g/mol. The molecule has 1 heterocycles. The van der Waals surface area contributed by atoms with Crippen LogP contribution in [0.1, 0.15) is 55.9 Å². The maximum Gasteiger partial charge on any atom is 0.257 e. The molecule has 0 spiro atoms. The Morgan fingerprint density at radius 1 is 1.15 bits per heavy atom. The number of rotatable bonds is 7. The molecule has 0 aliphatic carbocycles. The second kappa shape index (κ2) is 8.24. The summed E-state index contributed by atoms with van der Waals surface area (Å²) in [5.41, 5.74) is -0.229. The first-order valence-electron chi connectivity index (χ1n) is 8.38. The van der Waals surface area contributed by atoms with E-state index in [1.807, 2.05) is 0 Å². The van der Waals surface area contributed by atoms with Gasteiger partial charge in [-0.25, -0.2) is 13.1 Å². The Kier molecular flexibility index (Phi) is 6.48. The summed E-state index contributed by atoms with van der Waals surface area (Å²) in [5, 5.41) is 12.0. The standard InChI is InChI=1S/C17H24N4O3S2/c1-5-6-7-14-19-20-16(25-14)18-15(22)12-8-10-13(11-9-12)26(23,24)21-17(2,3)4/h8-11,21H,5-7H2,1-4H3,(H,18,20,22). The van der Waals surface area contributed by atoms with Crippen molar-refractivity contribution in [2.75, 3.05) is 5.32 Å². The van der Waals surface area contributed by atoms with Gasteiger partial charge in [0.1, 0.15) is 5.01 Å². The number of nitrogens with one attached hydrogen (secondary N) is 2. The van der Waals surface area contributed by atoms with Crippen molar-refractivity contribution in [1.82, 2.24) is 14.9 Å². The van der Waals surface area contributed by atoms with Crippen LogP contribution in [0.4, 0.5) is 5.13 Å². The lowest BCUT2D eigenvalue weighted by molar-refractivity contribution is 0.102. The van der Waals surface area contributed by atoms with Crippen LogP contribution in [0.15, 0.2) is 29.2 Å². The zero-order valence-corrected chi connectivity index (χ0v) is 17.0. The maximum absolute atomic E-state index is 12.3. The van der Waals surface area contributed by atoms with Gasteiger partial charge < -0.3 is 0 Å². The van der Waals surface area contributed by atoms with E-state index in [2.05, 4.69) is 27.2 Å². The van der Waals surface area contributed by atoms with Crippen LogP contribution in [0.5, 0.6) is 0 Å². The lowest BCUT2D eigenvalue weighted by Crippen LogP contribution is -2.40. The van der Waals surface area contributed by atoms with E-state index in [4.69, 9.17) is 0 Å². The zero-order valence-electron chi connectivity index (χ0n) is 15.4. The fourth-order valence-corrected chi connectivity index (χ4v) is 4.34. The highest BCUT2D eigenvalue weighted by atomic mass is 32.2. The van der Waals surface area contributed by atoms with E-state index in [1.165, 1.54) is 35.6 Å². The number of unbranched alkanes of at least 4 members (excludes halogenated alkanes) is 1. The van der Waals surface area contributed by atoms with Crippen LogP contribution in [0.3, 0.4) is 0 Å². The van der Waals surface area contributed by atoms with Gasteiger partial charge in [0.2, 0.25) is 15.2 Å². The molecule has 0 radical (unpaired) electrons. The number of carbonyl (C=O) groups is 1. The van der Waals surface area contributed by atoms with E-state index in [9.17, 15) is 13.2 Å². The Morgan fingerprint density at radius 2 is 1.81 bits per heavy atom. The highest BCUT2D eigenvalue weighted by molar-refractivity contribution is 7.89. The van der Waals surface area contributed by atoms with E-state index < -0.39 is 15.6 Å². The summed E-state index contributed by atoms with van der Waals surface area (Å²) in [6.45, 7) is 7.40. The number of sulfonamides is 1. The van der Waals surface area contributed by atoms with Crippen LogP contribution in [-0.2, 0) is 16.4 Å². The lowest BCUT2D eigenvalue weighted by Gasteiger charge is -2.20. The molecule has 0 aliphatic rings. The Bertz CT molecular complexity index is 853. The fraction of sp³-hybridized carbons (Fsp3) is 0.471. The normalized spacial score (nSPS) is 12.2. The van der Waals surface area contributed by atoms with Crippen LogP contribution < -0.4 is 10.0 Å². The third-order valence-electron chi connectivity index (χ3n) is 3.30. The fourth-order valence-electron chi connectivity index (χ4n) is 2.15. The highest BCUT2D eigenvalue weighted by Crippen LogP contribution is 2.19. The molecule has 0 saturated carbocycles. The van der Waals surface area contributed by atoms with Gasteiger partial charge in [-0.1, -0.05) is 24.7 Å². The molecule has 26 heavy (non-hydrogen) atoms. The van der Waals surface area contributed by atoms with Gasteiger partial charge in [0.25, 0.3) is 5.91 Å². The third kappa shape index (κ3) is 5.86. The van der Waals surface area contributed by atoms with Crippen molar-refractivity contribution in [2.24, 2.45) is 0 Å². The predicted molar refractivity (Wildman–Crippen MR) is 103 cm³/mol. The molecule has 0 atom stereocenters. The minimum atomic E-state index is -3.63. The molecule has 2 N–H and O–H groups in total. The molecule has 142 valence electrons. The molecule has 0 saturated heterocycles. The molecule has 7 nitrogen and oxygen atoms in total. The number of carbonyl (C=O) groups excluding carboxylic acids is 1. The number of benzene rings is 1. The number of nitrogens with zero attached hydrogens (tertiary/aromatic N) is 2. The summed E-state index contributed by atoms with van der Waals surface area (Å²) in [5.74, 6) is -0.351. The number of aryl methyl sites for hydroxylation is 1. The Labute approximate surface area is 158 Å². The van der Waals surface area contributed by atoms with Gasteiger partial charge >= 0.3 is 0 Å². The molecule has 1 aromatic heterocycles. The number of hydrogen-bond donors (Lipinski definition) is 2. The molecule has 1 amide bonds. The van der Waals surface area contributed by atoms with E-state index in [0.29, 0.717) is 10.7 Å². The Hall–Kier alpha value is -1.84. The lowest BCUT2D eigenvalue weighted by atomic mass is 10.1. The molecule has 2 aromatic rings. The first-order valence-corrected chi connectivity index (χ1v) is 10.7. The van der Waals surface area contributed by atoms with Gasteiger partial charge in [-0.2, -0.15) is 0 Å². The monoisotopic (exact) mass is 396 g/mol. The number of anilines is 1. The maximum atomic E-state index is 12.3. The van der Waals surface area contributed by atoms with E-state index in [-0.39, 0.29) is 10.8 Å². The van der Waals surface area contributed by atoms with Gasteiger partial charge in [0.05, 0.1) is 4.90 Å². The van der Waals surface area contributed by atoms with Gasteiger partial charge in [0.15, 0.2) is 0 Å². The quantitative estimate of drug-likeness (QED) is 0.748. The Balaban J connectivity index is 2.05. The molecule has 9 heteroatoms. The van der Waals surface area contributed by atoms with Crippen LogP contribution in [0, 0.1) is 0 Å². The number of hydrogen-bond acceptors (Lipinski definition) is 6. The molecular weight excluding hydrogens is 372 g/mol. The van der Waals surface area contributed by atoms with Crippen molar-refractivity contribution in [2.45, 2.75) is 57.4 Å². The van der Waals surface area contributed by atoms with Crippen LogP contribution in [0.2, 0.25) is 0 Å². The van der Waals surface area contributed by atoms with Crippen molar-refractivity contribution in [3.05, 3.63) is 34.8 Å². The van der Waals surface area contributed by atoms with Gasteiger partial charge in [-0.05, 0) is 51.5 Å². The largest absolute Gasteiger partial charge is 0.296 e. The van der Waals surface area contributed by atoms with Crippen molar-refractivity contribution >= 4 is 32.4 Å². The van der Waals surface area contributed by atoms with E-state index >= 15 is 0 Å². The summed E-state index contributed by atoms with van der Waals surface area (Å²) in [4.78, 5) is 12.4. The summed E-state index contributed by atoms with van der Waals surface area (Å²) in [7, 11) is -3.63. The first-order chi connectivity index (χ1) is 12.1. The number of amides is 1. The summed E-state index contributed by atoms with van der Waals surface area (Å²) >= 11 is 1.35. The molecule has 0 unspecified atom stereocenters. The highest BCUT2D eigenvalue weighted by Gasteiger charge is 2.22. The van der Waals surface area contributed by atoms with Gasteiger partial charge in [-0.3, -0.25) is 10.1 Å². The van der Waals surface area contributed by atoms with E-state index in [0.717, 1.165) is 24.3 Å². The first kappa shape index (κ1) is 20.5. The molecule has 1 aromatic carbocycles. The van der Waals surface area contributed by atoms with Crippen molar-refractivity contribution in [3.8, 4) is 0 Å². The predicted octanol–water partition coefficient (Wildman–Crippen LogP) is 3.21. The Morgan fingerprint density at radius 3 is 2.38 bits per heavy atom. The molecule has 0 aliphatic heterocycles. The second-order valence-electron chi connectivity index (χ2n) is 6.94.